The number of methoxy groups -OCH3 is 1. The van der Waals surface area contributed by atoms with Crippen molar-refractivity contribution in [3.8, 4) is 5.75 Å². The molecule has 1 aromatic carbocycles. The molecule has 2 heterocycles. The maximum Gasteiger partial charge on any atom is 0.265 e. The van der Waals surface area contributed by atoms with Gasteiger partial charge in [-0.05, 0) is 44.7 Å². The second kappa shape index (κ2) is 9.87. The number of nitrogens with zero attached hydrogens (tertiary/aromatic N) is 2. The second-order valence-electron chi connectivity index (χ2n) is 7.38. The number of hydrogen-bond acceptors (Lipinski definition) is 5. The van der Waals surface area contributed by atoms with Crippen molar-refractivity contribution in [2.75, 3.05) is 25.5 Å². The van der Waals surface area contributed by atoms with Crippen LogP contribution in [-0.4, -0.2) is 41.9 Å². The van der Waals surface area contributed by atoms with Gasteiger partial charge in [0.2, 0.25) is 5.91 Å². The number of carbonyl (C=O) groups excluding carboxylic acids is 2. The summed E-state index contributed by atoms with van der Waals surface area (Å²) in [6.07, 6.45) is 4.46. The summed E-state index contributed by atoms with van der Waals surface area (Å²) in [5.41, 5.74) is 1.50. The zero-order valence-corrected chi connectivity index (χ0v) is 18.2. The minimum Gasteiger partial charge on any atom is -0.495 e. The summed E-state index contributed by atoms with van der Waals surface area (Å²) < 4.78 is 5.30. The van der Waals surface area contributed by atoms with Crippen LogP contribution in [0.15, 0.2) is 24.3 Å². The van der Waals surface area contributed by atoms with Crippen LogP contribution in [0.4, 0.5) is 5.69 Å². The predicted octanol–water partition coefficient (Wildman–Crippen LogP) is 4.29. The Morgan fingerprint density at radius 3 is 2.69 bits per heavy atom. The number of rotatable bonds is 7. The van der Waals surface area contributed by atoms with Crippen molar-refractivity contribution in [2.24, 2.45) is 5.92 Å². The third-order valence-electron chi connectivity index (χ3n) is 5.30. The van der Waals surface area contributed by atoms with Gasteiger partial charge in [-0.1, -0.05) is 25.5 Å². The van der Waals surface area contributed by atoms with Gasteiger partial charge in [-0.3, -0.25) is 9.59 Å². The standard InChI is InChI=1S/C22H29N3O3S/c1-4-5-10-19-23-15(2)20(29-19)22(27)25-13-11-16(12-14-25)21(26)24-17-8-6-7-9-18(17)28-3/h6-9,16H,4-5,10-14H2,1-3H3,(H,24,26). The number of aromatic nitrogens is 1. The SMILES string of the molecule is CCCCc1nc(C)c(C(=O)N2CCC(C(=O)Nc3ccccc3OC)CC2)s1. The molecule has 7 heteroatoms. The molecule has 0 bridgehead atoms. The predicted molar refractivity (Wildman–Crippen MR) is 116 cm³/mol. The third kappa shape index (κ3) is 5.15. The van der Waals surface area contributed by atoms with Crippen LogP contribution in [0.5, 0.6) is 5.75 Å². The number of ether oxygens (including phenoxy) is 1. The van der Waals surface area contributed by atoms with Crippen LogP contribution in [0.25, 0.3) is 0 Å². The Hall–Kier alpha value is -2.41. The number of anilines is 1. The lowest BCUT2D eigenvalue weighted by Crippen LogP contribution is -2.41. The Balaban J connectivity index is 1.56. The van der Waals surface area contributed by atoms with Gasteiger partial charge in [0.1, 0.15) is 10.6 Å². The molecule has 1 fully saturated rings. The maximum atomic E-state index is 12.9. The Morgan fingerprint density at radius 1 is 1.28 bits per heavy atom. The molecule has 0 unspecified atom stereocenters. The molecule has 2 amide bonds. The number of para-hydroxylation sites is 2. The fraction of sp³-hybridized carbons (Fsp3) is 0.500. The van der Waals surface area contributed by atoms with Crippen molar-refractivity contribution in [1.82, 2.24) is 9.88 Å². The molecule has 0 atom stereocenters. The van der Waals surface area contributed by atoms with E-state index in [-0.39, 0.29) is 17.7 Å². The van der Waals surface area contributed by atoms with Crippen LogP contribution in [0.3, 0.4) is 0 Å². The number of benzene rings is 1. The molecule has 0 spiro atoms. The first-order valence-corrected chi connectivity index (χ1v) is 11.0. The number of thiazole rings is 1. The summed E-state index contributed by atoms with van der Waals surface area (Å²) in [5.74, 6) is 0.573. The lowest BCUT2D eigenvalue weighted by molar-refractivity contribution is -0.121. The number of nitrogens with one attached hydrogen (secondary N) is 1. The maximum absolute atomic E-state index is 12.9. The highest BCUT2D eigenvalue weighted by Crippen LogP contribution is 2.27. The fourth-order valence-electron chi connectivity index (χ4n) is 3.56. The molecule has 0 saturated carbocycles. The first-order valence-electron chi connectivity index (χ1n) is 10.2. The zero-order valence-electron chi connectivity index (χ0n) is 17.4. The molecule has 156 valence electrons. The molecule has 3 rings (SSSR count). The van der Waals surface area contributed by atoms with Crippen LogP contribution in [0.2, 0.25) is 0 Å². The smallest absolute Gasteiger partial charge is 0.265 e. The van der Waals surface area contributed by atoms with Crippen molar-refractivity contribution < 1.29 is 14.3 Å². The molecular weight excluding hydrogens is 386 g/mol. The number of carbonyl (C=O) groups is 2. The summed E-state index contributed by atoms with van der Waals surface area (Å²) >= 11 is 1.52. The monoisotopic (exact) mass is 415 g/mol. The van der Waals surface area contributed by atoms with E-state index in [2.05, 4.69) is 17.2 Å². The van der Waals surface area contributed by atoms with Crippen molar-refractivity contribution >= 4 is 28.8 Å². The van der Waals surface area contributed by atoms with Gasteiger partial charge in [-0.15, -0.1) is 11.3 Å². The van der Waals surface area contributed by atoms with Gasteiger partial charge >= 0.3 is 0 Å². The summed E-state index contributed by atoms with van der Waals surface area (Å²) in [4.78, 5) is 32.8. The first kappa shape index (κ1) is 21.3. The van der Waals surface area contributed by atoms with Crippen molar-refractivity contribution in [3.05, 3.63) is 39.8 Å². The van der Waals surface area contributed by atoms with Crippen LogP contribution in [-0.2, 0) is 11.2 Å². The molecule has 1 aliphatic heterocycles. The minimum absolute atomic E-state index is 0.0163. The summed E-state index contributed by atoms with van der Waals surface area (Å²) in [7, 11) is 1.59. The molecule has 1 aromatic heterocycles. The number of amides is 2. The third-order valence-corrected chi connectivity index (χ3v) is 6.50. The lowest BCUT2D eigenvalue weighted by atomic mass is 9.95. The van der Waals surface area contributed by atoms with Gasteiger partial charge < -0.3 is 15.0 Å². The molecule has 6 nitrogen and oxygen atoms in total. The van der Waals surface area contributed by atoms with Crippen LogP contribution in [0, 0.1) is 12.8 Å². The van der Waals surface area contributed by atoms with Gasteiger partial charge in [-0.2, -0.15) is 0 Å². The van der Waals surface area contributed by atoms with Crippen molar-refractivity contribution in [3.63, 3.8) is 0 Å². The largest absolute Gasteiger partial charge is 0.495 e. The summed E-state index contributed by atoms with van der Waals surface area (Å²) in [5, 5.41) is 4.00. The van der Waals surface area contributed by atoms with Gasteiger partial charge in [-0.25, -0.2) is 4.98 Å². The van der Waals surface area contributed by atoms with E-state index in [1.165, 1.54) is 11.3 Å². The Bertz CT molecular complexity index is 857. The van der Waals surface area contributed by atoms with E-state index < -0.39 is 0 Å². The Kier molecular flexibility index (Phi) is 7.25. The highest BCUT2D eigenvalue weighted by Gasteiger charge is 2.29. The number of likely N-dealkylation sites (tertiary alicyclic amines) is 1. The number of aryl methyl sites for hydroxylation is 2. The average Bonchev–Trinajstić information content (AvgIpc) is 3.12. The van der Waals surface area contributed by atoms with Crippen molar-refractivity contribution in [2.45, 2.75) is 46.0 Å². The highest BCUT2D eigenvalue weighted by atomic mass is 32.1. The topological polar surface area (TPSA) is 71.5 Å². The Labute approximate surface area is 176 Å². The second-order valence-corrected chi connectivity index (χ2v) is 8.47. The van der Waals surface area contributed by atoms with Crippen LogP contribution in [0.1, 0.15) is 53.0 Å². The van der Waals surface area contributed by atoms with Gasteiger partial charge in [0.05, 0.1) is 23.5 Å². The van der Waals surface area contributed by atoms with Crippen LogP contribution < -0.4 is 10.1 Å². The van der Waals surface area contributed by atoms with Crippen LogP contribution >= 0.6 is 11.3 Å². The fourth-order valence-corrected chi connectivity index (χ4v) is 4.63. The molecule has 1 aliphatic rings. The van der Waals surface area contributed by atoms with E-state index in [1.54, 1.807) is 7.11 Å². The molecule has 1 saturated heterocycles. The number of unbranched alkanes of at least 4 members (excludes halogenated alkanes) is 1. The van der Waals surface area contributed by atoms with E-state index in [9.17, 15) is 9.59 Å². The lowest BCUT2D eigenvalue weighted by Gasteiger charge is -2.31. The van der Waals surface area contributed by atoms with E-state index in [4.69, 9.17) is 4.74 Å². The quantitative estimate of drug-likeness (QED) is 0.732. The Morgan fingerprint density at radius 2 is 2.00 bits per heavy atom. The molecular formula is C22H29N3O3S. The van der Waals surface area contributed by atoms with Gasteiger partial charge in [0.15, 0.2) is 0 Å². The van der Waals surface area contributed by atoms with E-state index in [0.717, 1.165) is 34.8 Å². The molecule has 2 aromatic rings. The normalized spacial score (nSPS) is 14.7. The number of hydrogen-bond donors (Lipinski definition) is 1. The molecule has 1 N–H and O–H groups in total. The average molecular weight is 416 g/mol. The van der Waals surface area contributed by atoms with Gasteiger partial charge in [0, 0.05) is 19.0 Å². The molecule has 0 radical (unpaired) electrons. The van der Waals surface area contributed by atoms with E-state index >= 15 is 0 Å². The highest BCUT2D eigenvalue weighted by molar-refractivity contribution is 7.13. The van der Waals surface area contributed by atoms with Gasteiger partial charge in [0.25, 0.3) is 5.91 Å². The minimum atomic E-state index is -0.105. The molecule has 0 aliphatic carbocycles. The van der Waals surface area contributed by atoms with E-state index in [0.29, 0.717) is 37.4 Å². The summed E-state index contributed by atoms with van der Waals surface area (Å²) in [6.45, 7) is 5.24. The first-order chi connectivity index (χ1) is 14.0. The van der Waals surface area contributed by atoms with E-state index in [1.807, 2.05) is 36.1 Å². The zero-order chi connectivity index (χ0) is 20.8. The summed E-state index contributed by atoms with van der Waals surface area (Å²) in [6, 6.07) is 7.39. The van der Waals surface area contributed by atoms with Crippen molar-refractivity contribution in [1.29, 1.82) is 0 Å². The number of piperidine rings is 1. The molecule has 29 heavy (non-hydrogen) atoms.